The monoisotopic (exact) mass is 653 g/mol. The fourth-order valence-corrected chi connectivity index (χ4v) is 6.79. The number of nitrogens with zero attached hydrogens (tertiary/aromatic N) is 2. The summed E-state index contributed by atoms with van der Waals surface area (Å²) in [7, 11) is -4.66. The third-order valence-electron chi connectivity index (χ3n) is 7.57. The van der Waals surface area contributed by atoms with Gasteiger partial charge in [0.2, 0.25) is 11.8 Å². The number of sulfonamides is 1. The minimum Gasteiger partial charge on any atom is -0.352 e. The lowest BCUT2D eigenvalue weighted by atomic mass is 9.95. The summed E-state index contributed by atoms with van der Waals surface area (Å²) in [6, 6.07) is 13.3. The Labute approximate surface area is 258 Å². The molecule has 1 atom stereocenters. The molecular formula is C31H32ClF4N3O4S. The first-order valence-corrected chi connectivity index (χ1v) is 15.9. The van der Waals surface area contributed by atoms with Crippen molar-refractivity contribution in [1.82, 2.24) is 10.2 Å². The minimum atomic E-state index is -4.84. The number of halogens is 5. The number of amides is 2. The van der Waals surface area contributed by atoms with E-state index in [2.05, 4.69) is 5.32 Å². The molecule has 1 N–H and O–H groups in total. The smallest absolute Gasteiger partial charge is 0.352 e. The maximum Gasteiger partial charge on any atom is 0.416 e. The molecule has 1 aliphatic rings. The standard InChI is InChI=1S/C31H32ClF4N3O4S/c1-21(30(41)37-24-11-4-2-5-12-24)38(19-22-10-8-9-15-27(22)33)29(40)20-39(44(42,43)25-13-6-3-7-14-25)28-18-23(31(34,35)36)16-17-26(28)32/h3,6-10,13-18,21,24H,2,4-5,11-12,19-20H2,1H3,(H,37,41)/t21-/m1/s1. The van der Waals surface area contributed by atoms with Gasteiger partial charge in [-0.2, -0.15) is 13.2 Å². The molecule has 0 saturated heterocycles. The molecule has 0 radical (unpaired) electrons. The van der Waals surface area contributed by atoms with Crippen LogP contribution in [0.25, 0.3) is 0 Å². The summed E-state index contributed by atoms with van der Waals surface area (Å²) in [6.07, 6.45) is -0.409. The molecule has 1 saturated carbocycles. The molecule has 3 aromatic carbocycles. The summed E-state index contributed by atoms with van der Waals surface area (Å²) in [5.74, 6) is -2.12. The maximum atomic E-state index is 14.7. The van der Waals surface area contributed by atoms with Gasteiger partial charge in [-0.1, -0.05) is 67.3 Å². The normalized spacial score (nSPS) is 15.0. The lowest BCUT2D eigenvalue weighted by molar-refractivity contribution is -0.139. The van der Waals surface area contributed by atoms with Crippen LogP contribution in [0, 0.1) is 5.82 Å². The summed E-state index contributed by atoms with van der Waals surface area (Å²) in [5.41, 5.74) is -1.70. The topological polar surface area (TPSA) is 86.8 Å². The molecule has 0 unspecified atom stereocenters. The second-order valence-electron chi connectivity index (χ2n) is 10.6. The van der Waals surface area contributed by atoms with Crippen molar-refractivity contribution in [3.05, 3.63) is 94.8 Å². The molecule has 2 amide bonds. The Morgan fingerprint density at radius 3 is 2.25 bits per heavy atom. The van der Waals surface area contributed by atoms with Gasteiger partial charge in [0, 0.05) is 18.2 Å². The van der Waals surface area contributed by atoms with E-state index in [4.69, 9.17) is 11.6 Å². The number of benzene rings is 3. The molecule has 1 fully saturated rings. The maximum absolute atomic E-state index is 14.7. The van der Waals surface area contributed by atoms with Crippen LogP contribution in [-0.4, -0.2) is 43.8 Å². The van der Waals surface area contributed by atoms with Gasteiger partial charge < -0.3 is 10.2 Å². The van der Waals surface area contributed by atoms with Gasteiger partial charge >= 0.3 is 6.18 Å². The van der Waals surface area contributed by atoms with Crippen LogP contribution in [0.5, 0.6) is 0 Å². The number of nitrogens with one attached hydrogen (secondary N) is 1. The van der Waals surface area contributed by atoms with Crippen molar-refractivity contribution in [2.75, 3.05) is 10.8 Å². The highest BCUT2D eigenvalue weighted by molar-refractivity contribution is 7.92. The first-order valence-electron chi connectivity index (χ1n) is 14.1. The summed E-state index contributed by atoms with van der Waals surface area (Å²) in [6.45, 7) is 0.0122. The quantitative estimate of drug-likeness (QED) is 0.251. The number of carbonyl (C=O) groups excluding carboxylic acids is 2. The minimum absolute atomic E-state index is 0.0627. The fourth-order valence-electron chi connectivity index (χ4n) is 5.07. The SMILES string of the molecule is C[C@H](C(=O)NC1CCCCC1)N(Cc1ccccc1F)C(=O)CN(c1cc(C(F)(F)F)ccc1Cl)S(=O)(=O)c1ccccc1. The highest BCUT2D eigenvalue weighted by Crippen LogP contribution is 2.37. The van der Waals surface area contributed by atoms with Crippen LogP contribution in [0.1, 0.15) is 50.2 Å². The predicted octanol–water partition coefficient (Wildman–Crippen LogP) is 6.56. The first-order chi connectivity index (χ1) is 20.8. The molecule has 4 rings (SSSR count). The van der Waals surface area contributed by atoms with Crippen LogP contribution in [0.2, 0.25) is 5.02 Å². The Bertz CT molecular complexity index is 1580. The molecule has 0 bridgehead atoms. The lowest BCUT2D eigenvalue weighted by Crippen LogP contribution is -2.53. The number of alkyl halides is 3. The average Bonchev–Trinajstić information content (AvgIpc) is 2.99. The molecule has 3 aromatic rings. The van der Waals surface area contributed by atoms with Crippen LogP contribution in [0.3, 0.4) is 0 Å². The molecule has 0 aromatic heterocycles. The van der Waals surface area contributed by atoms with Crippen molar-refractivity contribution >= 4 is 39.1 Å². The molecule has 44 heavy (non-hydrogen) atoms. The molecule has 0 heterocycles. The third kappa shape index (κ3) is 7.89. The Morgan fingerprint density at radius 2 is 1.61 bits per heavy atom. The molecule has 0 spiro atoms. The van der Waals surface area contributed by atoms with Gasteiger partial charge in [0.25, 0.3) is 10.0 Å². The summed E-state index contributed by atoms with van der Waals surface area (Å²) in [4.78, 5) is 28.1. The van der Waals surface area contributed by atoms with E-state index >= 15 is 0 Å². The molecule has 236 valence electrons. The van der Waals surface area contributed by atoms with E-state index in [9.17, 15) is 35.6 Å². The number of rotatable bonds is 10. The van der Waals surface area contributed by atoms with Gasteiger partial charge in [-0.25, -0.2) is 12.8 Å². The molecule has 13 heteroatoms. The van der Waals surface area contributed by atoms with Crippen LogP contribution in [-0.2, 0) is 32.3 Å². The van der Waals surface area contributed by atoms with Crippen LogP contribution in [0.15, 0.2) is 77.7 Å². The number of carbonyl (C=O) groups is 2. The van der Waals surface area contributed by atoms with Crippen molar-refractivity contribution in [2.45, 2.75) is 68.7 Å². The predicted molar refractivity (Wildman–Crippen MR) is 159 cm³/mol. The second kappa shape index (κ2) is 14.0. The van der Waals surface area contributed by atoms with Gasteiger partial charge in [0.15, 0.2) is 0 Å². The van der Waals surface area contributed by atoms with Crippen molar-refractivity contribution in [3.8, 4) is 0 Å². The summed E-state index contributed by atoms with van der Waals surface area (Å²) >= 11 is 6.26. The van der Waals surface area contributed by atoms with Gasteiger partial charge in [-0.15, -0.1) is 0 Å². The number of anilines is 1. The van der Waals surface area contributed by atoms with Crippen molar-refractivity contribution in [2.24, 2.45) is 0 Å². The Balaban J connectivity index is 1.75. The largest absolute Gasteiger partial charge is 0.416 e. The first kappa shape index (κ1) is 33.3. The van der Waals surface area contributed by atoms with E-state index in [1.807, 2.05) is 0 Å². The number of hydrogen-bond donors (Lipinski definition) is 1. The molecular weight excluding hydrogens is 622 g/mol. The van der Waals surface area contributed by atoms with Gasteiger partial charge in [-0.05, 0) is 56.2 Å². The van der Waals surface area contributed by atoms with Crippen molar-refractivity contribution in [1.29, 1.82) is 0 Å². The zero-order chi connectivity index (χ0) is 32.1. The van der Waals surface area contributed by atoms with E-state index in [1.54, 1.807) is 12.1 Å². The summed E-state index contributed by atoms with van der Waals surface area (Å²) in [5, 5.41) is 2.57. The van der Waals surface area contributed by atoms with E-state index in [0.717, 1.165) is 43.1 Å². The Morgan fingerprint density at radius 1 is 0.977 bits per heavy atom. The van der Waals surface area contributed by atoms with Crippen LogP contribution in [0.4, 0.5) is 23.2 Å². The summed E-state index contributed by atoms with van der Waals surface area (Å²) < 4.78 is 84.0. The molecule has 1 aliphatic carbocycles. The zero-order valence-corrected chi connectivity index (χ0v) is 25.4. The van der Waals surface area contributed by atoms with Crippen LogP contribution >= 0.6 is 11.6 Å². The molecule has 7 nitrogen and oxygen atoms in total. The van der Waals surface area contributed by atoms with E-state index < -0.39 is 64.2 Å². The second-order valence-corrected chi connectivity index (χ2v) is 12.9. The van der Waals surface area contributed by atoms with E-state index in [1.165, 1.54) is 49.4 Å². The Hall–Kier alpha value is -3.64. The highest BCUT2D eigenvalue weighted by atomic mass is 35.5. The van der Waals surface area contributed by atoms with Crippen molar-refractivity contribution in [3.63, 3.8) is 0 Å². The Kier molecular flexibility index (Phi) is 10.6. The lowest BCUT2D eigenvalue weighted by Gasteiger charge is -2.33. The fraction of sp³-hybridized carbons (Fsp3) is 0.355. The van der Waals surface area contributed by atoms with Gasteiger partial charge in [-0.3, -0.25) is 13.9 Å². The molecule has 0 aliphatic heterocycles. The number of hydrogen-bond acceptors (Lipinski definition) is 4. The average molecular weight is 654 g/mol. The van der Waals surface area contributed by atoms with Crippen LogP contribution < -0.4 is 9.62 Å². The van der Waals surface area contributed by atoms with Gasteiger partial charge in [0.1, 0.15) is 18.4 Å². The highest BCUT2D eigenvalue weighted by Gasteiger charge is 2.37. The zero-order valence-electron chi connectivity index (χ0n) is 23.9. The van der Waals surface area contributed by atoms with E-state index in [-0.39, 0.29) is 21.5 Å². The van der Waals surface area contributed by atoms with Gasteiger partial charge in [0.05, 0.1) is 21.2 Å². The third-order valence-corrected chi connectivity index (χ3v) is 9.66. The van der Waals surface area contributed by atoms with E-state index in [0.29, 0.717) is 16.4 Å². The van der Waals surface area contributed by atoms with Crippen molar-refractivity contribution < 1.29 is 35.6 Å².